The largest absolute Gasteiger partial charge is 0.341 e. The lowest BCUT2D eigenvalue weighted by Crippen LogP contribution is -2.39. The van der Waals surface area contributed by atoms with E-state index in [1.165, 1.54) is 28.5 Å². The zero-order valence-electron chi connectivity index (χ0n) is 17.2. The molecule has 1 aliphatic heterocycles. The summed E-state index contributed by atoms with van der Waals surface area (Å²) in [4.78, 5) is 41.1. The van der Waals surface area contributed by atoms with E-state index in [2.05, 4.69) is 19.1 Å². The van der Waals surface area contributed by atoms with Gasteiger partial charge in [0.05, 0.1) is 5.56 Å². The molecule has 1 unspecified atom stereocenters. The lowest BCUT2D eigenvalue weighted by molar-refractivity contribution is -0.132. The number of hydrogen-bond donors (Lipinski definition) is 0. The summed E-state index contributed by atoms with van der Waals surface area (Å²) in [5.41, 5.74) is 1.32. The van der Waals surface area contributed by atoms with Gasteiger partial charge in [0.15, 0.2) is 0 Å². The van der Waals surface area contributed by atoms with Crippen molar-refractivity contribution in [1.29, 1.82) is 0 Å². The lowest BCUT2D eigenvalue weighted by atomic mass is 10.0. The van der Waals surface area contributed by atoms with Crippen molar-refractivity contribution in [1.82, 2.24) is 14.4 Å². The molecule has 1 atom stereocenters. The number of carbonyl (C=O) groups excluding carboxylic acids is 2. The van der Waals surface area contributed by atoms with Crippen LogP contribution in [-0.2, 0) is 11.3 Å². The molecule has 3 rings (SSSR count). The maximum absolute atomic E-state index is 12.9. The van der Waals surface area contributed by atoms with E-state index in [0.29, 0.717) is 12.1 Å². The van der Waals surface area contributed by atoms with Gasteiger partial charge in [0.2, 0.25) is 5.91 Å². The number of nitrogens with zero attached hydrogens (tertiary/aromatic N) is 3. The van der Waals surface area contributed by atoms with Crippen molar-refractivity contribution in [2.45, 2.75) is 38.6 Å². The first-order valence-electron chi connectivity index (χ1n) is 10.2. The molecule has 2 amide bonds. The van der Waals surface area contributed by atoms with E-state index in [0.717, 1.165) is 32.4 Å². The number of carbonyl (C=O) groups is 2. The summed E-state index contributed by atoms with van der Waals surface area (Å²) >= 11 is 0. The molecule has 2 aromatic rings. The molecule has 29 heavy (non-hydrogen) atoms. The Balaban J connectivity index is 1.68. The van der Waals surface area contributed by atoms with Crippen molar-refractivity contribution < 1.29 is 9.59 Å². The van der Waals surface area contributed by atoms with E-state index < -0.39 is 0 Å². The number of aromatic nitrogens is 1. The number of amides is 2. The minimum Gasteiger partial charge on any atom is -0.341 e. The lowest BCUT2D eigenvalue weighted by Gasteiger charge is -2.27. The summed E-state index contributed by atoms with van der Waals surface area (Å²) in [6.07, 6.45) is 4.66. The summed E-state index contributed by atoms with van der Waals surface area (Å²) in [5.74, 6) is -0.0360. The van der Waals surface area contributed by atoms with Gasteiger partial charge in [0.25, 0.3) is 11.5 Å². The van der Waals surface area contributed by atoms with Crippen molar-refractivity contribution >= 4 is 11.8 Å². The molecule has 0 radical (unpaired) electrons. The number of benzene rings is 1. The van der Waals surface area contributed by atoms with E-state index in [1.54, 1.807) is 16.8 Å². The van der Waals surface area contributed by atoms with Gasteiger partial charge in [-0.05, 0) is 36.8 Å². The standard InChI is InChI=1S/C23H29N3O3/c1-18(19-9-5-3-6-10-19)15-24(2)23(29)20-11-12-21(27)26(16-20)17-22(28)25-13-7-4-8-14-25/h3,5-6,9-12,16,18H,4,7-8,13-15,17H2,1-2H3. The molecule has 6 nitrogen and oxygen atoms in total. The monoisotopic (exact) mass is 395 g/mol. The Kier molecular flexibility index (Phi) is 6.86. The SMILES string of the molecule is CC(CN(C)C(=O)c1ccc(=O)n(CC(=O)N2CCCCC2)c1)c1ccccc1. The average molecular weight is 396 g/mol. The van der Waals surface area contributed by atoms with Gasteiger partial charge >= 0.3 is 0 Å². The van der Waals surface area contributed by atoms with Gasteiger partial charge in [-0.3, -0.25) is 14.4 Å². The van der Waals surface area contributed by atoms with Crippen LogP contribution in [0.2, 0.25) is 0 Å². The van der Waals surface area contributed by atoms with Crippen LogP contribution in [0.1, 0.15) is 48.0 Å². The highest BCUT2D eigenvalue weighted by Crippen LogP contribution is 2.16. The van der Waals surface area contributed by atoms with Crippen molar-refractivity contribution in [2.75, 3.05) is 26.7 Å². The Morgan fingerprint density at radius 1 is 1.03 bits per heavy atom. The van der Waals surface area contributed by atoms with Crippen LogP contribution in [0.5, 0.6) is 0 Å². The van der Waals surface area contributed by atoms with Crippen LogP contribution in [0.25, 0.3) is 0 Å². The molecule has 0 N–H and O–H groups in total. The molecule has 154 valence electrons. The third-order valence-electron chi connectivity index (χ3n) is 5.51. The maximum Gasteiger partial charge on any atom is 0.255 e. The number of rotatable bonds is 6. The highest BCUT2D eigenvalue weighted by molar-refractivity contribution is 5.93. The molecule has 0 saturated carbocycles. The molecule has 0 bridgehead atoms. The predicted octanol–water partition coefficient (Wildman–Crippen LogP) is 2.74. The second-order valence-electron chi connectivity index (χ2n) is 7.82. The number of likely N-dealkylation sites (tertiary alicyclic amines) is 1. The van der Waals surface area contributed by atoms with Gasteiger partial charge in [0, 0.05) is 38.9 Å². The molecule has 1 fully saturated rings. The van der Waals surface area contributed by atoms with Crippen molar-refractivity contribution in [3.63, 3.8) is 0 Å². The zero-order valence-corrected chi connectivity index (χ0v) is 17.2. The van der Waals surface area contributed by atoms with E-state index in [9.17, 15) is 14.4 Å². The van der Waals surface area contributed by atoms with Crippen LogP contribution < -0.4 is 5.56 Å². The van der Waals surface area contributed by atoms with E-state index in [4.69, 9.17) is 0 Å². The molecule has 1 aromatic heterocycles. The topological polar surface area (TPSA) is 62.6 Å². The molecule has 1 aliphatic rings. The Labute approximate surface area is 171 Å². The molecule has 0 aliphatic carbocycles. The van der Waals surface area contributed by atoms with Crippen molar-refractivity contribution in [3.8, 4) is 0 Å². The molecule has 1 saturated heterocycles. The quantitative estimate of drug-likeness (QED) is 0.756. The normalized spacial score (nSPS) is 15.0. The van der Waals surface area contributed by atoms with Gasteiger partial charge in [0.1, 0.15) is 6.54 Å². The molecular formula is C23H29N3O3. The Bertz CT molecular complexity index is 901. The van der Waals surface area contributed by atoms with Crippen LogP contribution in [0.3, 0.4) is 0 Å². The fourth-order valence-corrected chi connectivity index (χ4v) is 3.77. The Morgan fingerprint density at radius 2 is 1.72 bits per heavy atom. The summed E-state index contributed by atoms with van der Waals surface area (Å²) in [5, 5.41) is 0. The summed E-state index contributed by atoms with van der Waals surface area (Å²) in [7, 11) is 1.76. The van der Waals surface area contributed by atoms with Gasteiger partial charge in [-0.2, -0.15) is 0 Å². The third kappa shape index (κ3) is 5.34. The zero-order chi connectivity index (χ0) is 20.8. The predicted molar refractivity (Wildman–Crippen MR) is 113 cm³/mol. The van der Waals surface area contributed by atoms with Gasteiger partial charge < -0.3 is 14.4 Å². The van der Waals surface area contributed by atoms with Crippen molar-refractivity contribution in [3.05, 3.63) is 70.1 Å². The highest BCUT2D eigenvalue weighted by atomic mass is 16.2. The van der Waals surface area contributed by atoms with E-state index >= 15 is 0 Å². The number of hydrogen-bond acceptors (Lipinski definition) is 3. The molecular weight excluding hydrogens is 366 g/mol. The minimum atomic E-state index is -0.271. The molecule has 1 aromatic carbocycles. The first-order valence-corrected chi connectivity index (χ1v) is 10.2. The van der Waals surface area contributed by atoms with Crippen LogP contribution in [0.15, 0.2) is 53.5 Å². The average Bonchev–Trinajstić information content (AvgIpc) is 2.75. The van der Waals surface area contributed by atoms with Gasteiger partial charge in [-0.15, -0.1) is 0 Å². The summed E-state index contributed by atoms with van der Waals surface area (Å²) in [6.45, 7) is 4.11. The van der Waals surface area contributed by atoms with Gasteiger partial charge in [-0.1, -0.05) is 37.3 Å². The number of pyridine rings is 1. The third-order valence-corrected chi connectivity index (χ3v) is 5.51. The first-order chi connectivity index (χ1) is 14.0. The van der Waals surface area contributed by atoms with Crippen molar-refractivity contribution in [2.24, 2.45) is 0 Å². The molecule has 6 heteroatoms. The Morgan fingerprint density at radius 3 is 2.41 bits per heavy atom. The van der Waals surface area contributed by atoms with E-state index in [-0.39, 0.29) is 29.8 Å². The van der Waals surface area contributed by atoms with Gasteiger partial charge in [-0.25, -0.2) is 0 Å². The first kappa shape index (κ1) is 20.8. The minimum absolute atomic E-state index is 0.0237. The number of likely N-dealkylation sites (N-methyl/N-ethyl adjacent to an activating group) is 1. The fraction of sp³-hybridized carbons (Fsp3) is 0.435. The molecule has 0 spiro atoms. The van der Waals surface area contributed by atoms with Crippen LogP contribution in [0, 0.1) is 0 Å². The van der Waals surface area contributed by atoms with Crippen LogP contribution in [0.4, 0.5) is 0 Å². The van der Waals surface area contributed by atoms with Crippen LogP contribution >= 0.6 is 0 Å². The van der Waals surface area contributed by atoms with Crippen LogP contribution in [-0.4, -0.2) is 52.9 Å². The second kappa shape index (κ2) is 9.54. The smallest absolute Gasteiger partial charge is 0.255 e. The summed E-state index contributed by atoms with van der Waals surface area (Å²) in [6, 6.07) is 13.0. The highest BCUT2D eigenvalue weighted by Gasteiger charge is 2.19. The number of piperidine rings is 1. The summed E-state index contributed by atoms with van der Waals surface area (Å²) < 4.78 is 1.35. The van der Waals surface area contributed by atoms with E-state index in [1.807, 2.05) is 18.2 Å². The maximum atomic E-state index is 12.9. The molecule has 2 heterocycles. The Hall–Kier alpha value is -2.89. The fourth-order valence-electron chi connectivity index (χ4n) is 3.77. The second-order valence-corrected chi connectivity index (χ2v) is 7.82.